The van der Waals surface area contributed by atoms with Crippen molar-refractivity contribution in [3.05, 3.63) is 99.5 Å². The maximum absolute atomic E-state index is 14.2. The van der Waals surface area contributed by atoms with E-state index >= 15 is 0 Å². The third-order valence-electron chi connectivity index (χ3n) is 6.58. The standard InChI is InChI=1S/C27H25Cl2F2N3O5S/c1-15(27(36)37)32-26(35)25-23(34(40(2,38)39)22-12-20(30)11-21(31)13-22)14-33(25)24(16-3-7-18(28)8-4-16)17-5-9-19(29)10-6-17/h3-13,15,23-25H,14H2,1-2H3,(H,32,35)(H,36,37). The first-order valence-electron chi connectivity index (χ1n) is 12.0. The topological polar surface area (TPSA) is 107 Å². The second-order valence-electron chi connectivity index (χ2n) is 9.47. The van der Waals surface area contributed by atoms with Crippen LogP contribution in [0.4, 0.5) is 14.5 Å². The molecule has 1 amide bonds. The highest BCUT2D eigenvalue weighted by atomic mass is 35.5. The summed E-state index contributed by atoms with van der Waals surface area (Å²) in [6.45, 7) is 1.23. The Morgan fingerprint density at radius 3 is 1.88 bits per heavy atom. The van der Waals surface area contributed by atoms with Gasteiger partial charge in [0.05, 0.1) is 24.0 Å². The normalized spacial score (nSPS) is 18.2. The lowest BCUT2D eigenvalue weighted by Gasteiger charge is -2.54. The molecule has 1 fully saturated rings. The van der Waals surface area contributed by atoms with Crippen molar-refractivity contribution in [1.29, 1.82) is 0 Å². The molecule has 0 spiro atoms. The van der Waals surface area contributed by atoms with Gasteiger partial charge in [0.15, 0.2) is 0 Å². The number of nitrogens with one attached hydrogen (secondary N) is 1. The van der Waals surface area contributed by atoms with Gasteiger partial charge in [-0.2, -0.15) is 0 Å². The van der Waals surface area contributed by atoms with Crippen molar-refractivity contribution < 1.29 is 31.9 Å². The Hall–Kier alpha value is -3.25. The fourth-order valence-corrected chi connectivity index (χ4v) is 6.24. The Labute approximate surface area is 240 Å². The van der Waals surface area contributed by atoms with Crippen LogP contribution >= 0.6 is 23.2 Å². The Morgan fingerprint density at radius 1 is 0.975 bits per heavy atom. The molecule has 2 N–H and O–H groups in total. The first-order chi connectivity index (χ1) is 18.8. The van der Waals surface area contributed by atoms with Gasteiger partial charge in [-0.1, -0.05) is 47.5 Å². The van der Waals surface area contributed by atoms with E-state index in [1.807, 2.05) is 0 Å². The summed E-state index contributed by atoms with van der Waals surface area (Å²) >= 11 is 12.2. The van der Waals surface area contributed by atoms with Gasteiger partial charge in [0, 0.05) is 22.7 Å². The number of hydrogen-bond donors (Lipinski definition) is 2. The third-order valence-corrected chi connectivity index (χ3v) is 8.28. The Morgan fingerprint density at radius 2 is 1.45 bits per heavy atom. The van der Waals surface area contributed by atoms with E-state index in [-0.39, 0.29) is 12.2 Å². The number of carboxylic acid groups (broad SMARTS) is 1. The number of amides is 1. The minimum atomic E-state index is -4.17. The van der Waals surface area contributed by atoms with Gasteiger partial charge in [0.25, 0.3) is 0 Å². The fraction of sp³-hybridized carbons (Fsp3) is 0.259. The number of carbonyl (C=O) groups is 2. The molecule has 8 nitrogen and oxygen atoms in total. The molecular weight excluding hydrogens is 587 g/mol. The molecule has 212 valence electrons. The summed E-state index contributed by atoms with van der Waals surface area (Å²) in [5, 5.41) is 12.7. The smallest absolute Gasteiger partial charge is 0.325 e. The number of carbonyl (C=O) groups excluding carboxylic acids is 1. The van der Waals surface area contributed by atoms with Crippen molar-refractivity contribution in [2.45, 2.75) is 31.1 Å². The van der Waals surface area contributed by atoms with E-state index in [9.17, 15) is 31.9 Å². The third kappa shape index (κ3) is 6.38. The lowest BCUT2D eigenvalue weighted by molar-refractivity contribution is -0.144. The van der Waals surface area contributed by atoms with E-state index in [4.69, 9.17) is 23.2 Å². The molecule has 0 radical (unpaired) electrons. The molecule has 40 heavy (non-hydrogen) atoms. The van der Waals surface area contributed by atoms with E-state index in [1.54, 1.807) is 53.4 Å². The van der Waals surface area contributed by atoms with Gasteiger partial charge in [-0.05, 0) is 54.4 Å². The van der Waals surface area contributed by atoms with Crippen LogP contribution in [0.3, 0.4) is 0 Å². The molecule has 1 aliphatic heterocycles. The molecule has 0 saturated carbocycles. The number of rotatable bonds is 9. The summed E-state index contributed by atoms with van der Waals surface area (Å²) in [5.41, 5.74) is 1.11. The molecule has 0 aliphatic carbocycles. The van der Waals surface area contributed by atoms with E-state index in [0.29, 0.717) is 27.2 Å². The van der Waals surface area contributed by atoms with Crippen LogP contribution in [0.25, 0.3) is 0 Å². The molecule has 3 aromatic rings. The fourth-order valence-electron chi connectivity index (χ4n) is 4.83. The summed E-state index contributed by atoms with van der Waals surface area (Å²) in [6.07, 6.45) is 0.864. The molecule has 13 heteroatoms. The molecule has 3 aromatic carbocycles. The number of nitrogens with zero attached hydrogens (tertiary/aromatic N) is 2. The summed E-state index contributed by atoms with van der Waals surface area (Å²) < 4.78 is 55.1. The van der Waals surface area contributed by atoms with Crippen LogP contribution in [-0.4, -0.2) is 61.2 Å². The van der Waals surface area contributed by atoms with Gasteiger partial charge >= 0.3 is 5.97 Å². The van der Waals surface area contributed by atoms with Gasteiger partial charge in [-0.15, -0.1) is 0 Å². The number of hydrogen-bond acceptors (Lipinski definition) is 5. The minimum absolute atomic E-state index is 0.0410. The number of likely N-dealkylation sites (tertiary alicyclic amines) is 1. The highest BCUT2D eigenvalue weighted by Crippen LogP contribution is 2.41. The maximum Gasteiger partial charge on any atom is 0.325 e. The molecule has 1 saturated heterocycles. The van der Waals surface area contributed by atoms with Gasteiger partial charge in [-0.3, -0.25) is 18.8 Å². The van der Waals surface area contributed by atoms with Crippen LogP contribution in [0.15, 0.2) is 66.7 Å². The summed E-state index contributed by atoms with van der Waals surface area (Å²) in [7, 11) is -4.17. The molecule has 3 unspecified atom stereocenters. The quantitative estimate of drug-likeness (QED) is 0.370. The van der Waals surface area contributed by atoms with Crippen LogP contribution in [-0.2, 0) is 19.6 Å². The second kappa shape index (κ2) is 11.7. The molecule has 1 heterocycles. The molecule has 0 bridgehead atoms. The Bertz CT molecular complexity index is 1460. The molecule has 3 atom stereocenters. The molecule has 0 aromatic heterocycles. The van der Waals surface area contributed by atoms with Gasteiger partial charge in [0.2, 0.25) is 15.9 Å². The van der Waals surface area contributed by atoms with E-state index in [0.717, 1.165) is 22.7 Å². The zero-order valence-electron chi connectivity index (χ0n) is 21.3. The zero-order chi connectivity index (χ0) is 29.4. The van der Waals surface area contributed by atoms with E-state index in [2.05, 4.69) is 5.32 Å². The summed E-state index contributed by atoms with van der Waals surface area (Å²) in [5.74, 6) is -4.07. The van der Waals surface area contributed by atoms with Gasteiger partial charge in [-0.25, -0.2) is 17.2 Å². The predicted octanol–water partition coefficient (Wildman–Crippen LogP) is 4.47. The van der Waals surface area contributed by atoms with Crippen LogP contribution in [0.1, 0.15) is 24.1 Å². The number of halogens is 4. The van der Waals surface area contributed by atoms with E-state index < -0.39 is 57.7 Å². The molecule has 4 rings (SSSR count). The number of sulfonamides is 1. The molecule has 1 aliphatic rings. The van der Waals surface area contributed by atoms with E-state index in [1.165, 1.54) is 6.92 Å². The molecular formula is C27H25Cl2F2N3O5S. The highest BCUT2D eigenvalue weighted by Gasteiger charge is 2.53. The Balaban J connectivity index is 1.84. The van der Waals surface area contributed by atoms with Crippen molar-refractivity contribution in [2.75, 3.05) is 17.1 Å². The highest BCUT2D eigenvalue weighted by molar-refractivity contribution is 7.92. The van der Waals surface area contributed by atoms with Crippen molar-refractivity contribution in [2.24, 2.45) is 0 Å². The second-order valence-corrected chi connectivity index (χ2v) is 12.2. The first-order valence-corrected chi connectivity index (χ1v) is 14.6. The number of aliphatic carboxylic acids is 1. The van der Waals surface area contributed by atoms with Crippen LogP contribution in [0.5, 0.6) is 0 Å². The lowest BCUT2D eigenvalue weighted by atomic mass is 9.86. The van der Waals surface area contributed by atoms with Crippen LogP contribution in [0.2, 0.25) is 10.0 Å². The Kier molecular flexibility index (Phi) is 8.69. The minimum Gasteiger partial charge on any atom is -0.480 e. The van der Waals surface area contributed by atoms with Crippen molar-refractivity contribution >= 4 is 50.8 Å². The number of carboxylic acids is 1. The largest absolute Gasteiger partial charge is 0.480 e. The van der Waals surface area contributed by atoms with Crippen LogP contribution < -0.4 is 9.62 Å². The van der Waals surface area contributed by atoms with Crippen molar-refractivity contribution in [1.82, 2.24) is 10.2 Å². The van der Waals surface area contributed by atoms with Gasteiger partial charge in [0.1, 0.15) is 23.7 Å². The van der Waals surface area contributed by atoms with Gasteiger partial charge < -0.3 is 10.4 Å². The van der Waals surface area contributed by atoms with Crippen molar-refractivity contribution in [3.8, 4) is 0 Å². The number of anilines is 1. The SMILES string of the molecule is CC(NC(=O)C1C(N(c2cc(F)cc(F)c2)S(C)(=O)=O)CN1C(c1ccc(Cl)cc1)c1ccc(Cl)cc1)C(=O)O. The lowest BCUT2D eigenvalue weighted by Crippen LogP contribution is -2.73. The average Bonchev–Trinajstić information content (AvgIpc) is 2.83. The maximum atomic E-state index is 14.2. The van der Waals surface area contributed by atoms with Crippen LogP contribution in [0, 0.1) is 11.6 Å². The average molecular weight is 612 g/mol. The summed E-state index contributed by atoms with van der Waals surface area (Å²) in [6, 6.07) is 11.7. The monoisotopic (exact) mass is 611 g/mol. The van der Waals surface area contributed by atoms with Crippen molar-refractivity contribution in [3.63, 3.8) is 0 Å². The zero-order valence-corrected chi connectivity index (χ0v) is 23.6. The predicted molar refractivity (Wildman–Crippen MR) is 148 cm³/mol. The summed E-state index contributed by atoms with van der Waals surface area (Å²) in [4.78, 5) is 26.8. The number of benzene rings is 3. The first kappa shape index (κ1) is 29.7.